The van der Waals surface area contributed by atoms with E-state index in [9.17, 15) is 4.39 Å². The fraction of sp³-hybridized carbons (Fsp3) is 0.857. The van der Waals surface area contributed by atoms with E-state index in [4.69, 9.17) is 5.73 Å². The second kappa shape index (κ2) is 6.67. The maximum atomic E-state index is 13.8. The molecule has 0 amide bonds. The first-order chi connectivity index (χ1) is 7.93. The summed E-state index contributed by atoms with van der Waals surface area (Å²) in [6.45, 7) is 4.00. The van der Waals surface area contributed by atoms with Crippen molar-refractivity contribution in [3.05, 3.63) is 11.3 Å². The van der Waals surface area contributed by atoms with Gasteiger partial charge in [0.05, 0.1) is 4.75 Å². The third-order valence-corrected chi connectivity index (χ3v) is 4.15. The third-order valence-electron chi connectivity index (χ3n) is 3.73. The van der Waals surface area contributed by atoms with E-state index >= 15 is 0 Å². The van der Waals surface area contributed by atoms with Crippen LogP contribution >= 0.6 is 12.6 Å². The molecule has 100 valence electrons. The predicted octanol–water partition coefficient (Wildman–Crippen LogP) is 4.38. The molecule has 0 aromatic carbocycles. The summed E-state index contributed by atoms with van der Waals surface area (Å²) in [5, 5.41) is 0. The van der Waals surface area contributed by atoms with Crippen LogP contribution in [0.25, 0.3) is 0 Å². The molecule has 0 radical (unpaired) electrons. The van der Waals surface area contributed by atoms with Crippen molar-refractivity contribution >= 4 is 12.6 Å². The fourth-order valence-electron chi connectivity index (χ4n) is 2.52. The van der Waals surface area contributed by atoms with Gasteiger partial charge in [0.2, 0.25) is 0 Å². The predicted molar refractivity (Wildman–Crippen MR) is 76.1 cm³/mol. The summed E-state index contributed by atoms with van der Waals surface area (Å²) in [6.07, 6.45) is 7.12. The molecule has 0 fully saturated rings. The maximum absolute atomic E-state index is 13.8. The Labute approximate surface area is 110 Å². The van der Waals surface area contributed by atoms with E-state index in [-0.39, 0.29) is 0 Å². The zero-order valence-corrected chi connectivity index (χ0v) is 12.0. The van der Waals surface area contributed by atoms with Gasteiger partial charge in [-0.3, -0.25) is 0 Å². The topological polar surface area (TPSA) is 26.0 Å². The van der Waals surface area contributed by atoms with Gasteiger partial charge in [-0.15, -0.1) is 0 Å². The summed E-state index contributed by atoms with van der Waals surface area (Å²) < 4.78 is 13.3. The zero-order valence-electron chi connectivity index (χ0n) is 11.1. The molecular formula is C14H26FNS. The number of hydrogen-bond acceptors (Lipinski definition) is 2. The maximum Gasteiger partial charge on any atom is 0.102 e. The lowest BCUT2D eigenvalue weighted by molar-refractivity contribution is 0.272. The Bertz CT molecular complexity index is 273. The van der Waals surface area contributed by atoms with Crippen molar-refractivity contribution < 1.29 is 4.39 Å². The van der Waals surface area contributed by atoms with E-state index in [0.29, 0.717) is 12.8 Å². The molecule has 2 N–H and O–H groups in total. The highest BCUT2D eigenvalue weighted by atomic mass is 32.1. The van der Waals surface area contributed by atoms with Gasteiger partial charge >= 0.3 is 0 Å². The average molecular weight is 259 g/mol. The Hall–Kier alpha value is -0.180. The SMILES string of the molecule is C/C1=C(/N)C(C)(S)CC(F)CCCCCCC1. The molecule has 0 bridgehead atoms. The van der Waals surface area contributed by atoms with Crippen molar-refractivity contribution in [1.29, 1.82) is 0 Å². The number of nitrogens with two attached hydrogens (primary N) is 1. The van der Waals surface area contributed by atoms with Gasteiger partial charge in [-0.1, -0.05) is 31.3 Å². The molecule has 2 unspecified atom stereocenters. The first kappa shape index (κ1) is 14.9. The van der Waals surface area contributed by atoms with E-state index in [1.165, 1.54) is 24.8 Å². The monoisotopic (exact) mass is 259 g/mol. The second-order valence-electron chi connectivity index (χ2n) is 5.58. The Morgan fingerprint density at radius 1 is 1.24 bits per heavy atom. The first-order valence-corrected chi connectivity index (χ1v) is 7.20. The number of alkyl halides is 1. The molecule has 2 atom stereocenters. The van der Waals surface area contributed by atoms with Crippen LogP contribution < -0.4 is 5.73 Å². The van der Waals surface area contributed by atoms with Crippen LogP contribution in [-0.2, 0) is 0 Å². The van der Waals surface area contributed by atoms with Crippen LogP contribution in [0.3, 0.4) is 0 Å². The average Bonchev–Trinajstić information content (AvgIpc) is 2.24. The lowest BCUT2D eigenvalue weighted by Gasteiger charge is -2.28. The van der Waals surface area contributed by atoms with Gasteiger partial charge in [0.15, 0.2) is 0 Å². The van der Waals surface area contributed by atoms with Gasteiger partial charge in [-0.2, -0.15) is 12.6 Å². The minimum atomic E-state index is -0.775. The van der Waals surface area contributed by atoms with Crippen molar-refractivity contribution in [1.82, 2.24) is 0 Å². The van der Waals surface area contributed by atoms with Crippen LogP contribution in [0.5, 0.6) is 0 Å². The summed E-state index contributed by atoms with van der Waals surface area (Å²) in [4.78, 5) is 0. The molecule has 1 nitrogen and oxygen atoms in total. The van der Waals surface area contributed by atoms with E-state index < -0.39 is 10.9 Å². The highest BCUT2D eigenvalue weighted by Crippen LogP contribution is 2.32. The van der Waals surface area contributed by atoms with Gasteiger partial charge in [-0.05, 0) is 39.5 Å². The molecule has 0 aromatic rings. The van der Waals surface area contributed by atoms with Crippen molar-refractivity contribution in [3.63, 3.8) is 0 Å². The Balaban J connectivity index is 2.78. The van der Waals surface area contributed by atoms with Gasteiger partial charge in [0.1, 0.15) is 6.17 Å². The van der Waals surface area contributed by atoms with E-state index in [2.05, 4.69) is 19.6 Å². The van der Waals surface area contributed by atoms with E-state index in [0.717, 1.165) is 25.0 Å². The number of hydrogen-bond donors (Lipinski definition) is 2. The molecule has 1 rings (SSSR count). The molecule has 0 saturated carbocycles. The molecule has 17 heavy (non-hydrogen) atoms. The zero-order chi connectivity index (χ0) is 12.9. The highest BCUT2D eigenvalue weighted by molar-refractivity contribution is 7.82. The van der Waals surface area contributed by atoms with Gasteiger partial charge in [-0.25, -0.2) is 4.39 Å². The summed E-state index contributed by atoms with van der Waals surface area (Å²) >= 11 is 4.57. The molecule has 0 saturated heterocycles. The Kier molecular flexibility index (Phi) is 5.84. The molecule has 0 heterocycles. The van der Waals surface area contributed by atoms with Crippen LogP contribution in [0.15, 0.2) is 11.3 Å². The largest absolute Gasteiger partial charge is 0.401 e. The lowest BCUT2D eigenvalue weighted by atomic mass is 9.91. The molecular weight excluding hydrogens is 233 g/mol. The minimum absolute atomic E-state index is 0.430. The summed E-state index contributed by atoms with van der Waals surface area (Å²) in [7, 11) is 0. The van der Waals surface area contributed by atoms with Crippen LogP contribution in [0.1, 0.15) is 65.2 Å². The molecule has 0 aliphatic heterocycles. The van der Waals surface area contributed by atoms with Gasteiger partial charge in [0, 0.05) is 5.70 Å². The molecule has 1 aliphatic rings. The number of halogens is 1. The number of allylic oxidation sites excluding steroid dienone is 1. The van der Waals surface area contributed by atoms with Gasteiger partial charge in [0.25, 0.3) is 0 Å². The van der Waals surface area contributed by atoms with Crippen LogP contribution in [-0.4, -0.2) is 10.9 Å². The first-order valence-electron chi connectivity index (χ1n) is 6.75. The van der Waals surface area contributed by atoms with Crippen molar-refractivity contribution in [2.45, 2.75) is 76.1 Å². The van der Waals surface area contributed by atoms with Crippen LogP contribution in [0.2, 0.25) is 0 Å². The van der Waals surface area contributed by atoms with Crippen LogP contribution in [0.4, 0.5) is 4.39 Å². The Morgan fingerprint density at radius 2 is 1.82 bits per heavy atom. The summed E-state index contributed by atoms with van der Waals surface area (Å²) in [5.74, 6) is 0. The summed E-state index contributed by atoms with van der Waals surface area (Å²) in [5.41, 5.74) is 8.11. The smallest absolute Gasteiger partial charge is 0.102 e. The molecule has 1 aliphatic carbocycles. The normalized spacial score (nSPS) is 38.2. The lowest BCUT2D eigenvalue weighted by Crippen LogP contribution is -2.30. The van der Waals surface area contributed by atoms with Crippen molar-refractivity contribution in [2.75, 3.05) is 0 Å². The number of rotatable bonds is 0. The standard InChI is InChI=1S/C14H26FNS/c1-11-8-6-4-3-5-7-9-12(15)10-14(2,17)13(11)16/h12,17H,3-10,16H2,1-2H3/b13-11-. The highest BCUT2D eigenvalue weighted by Gasteiger charge is 2.28. The van der Waals surface area contributed by atoms with Crippen molar-refractivity contribution in [3.8, 4) is 0 Å². The summed E-state index contributed by atoms with van der Waals surface area (Å²) in [6, 6.07) is 0. The second-order valence-corrected chi connectivity index (χ2v) is 6.56. The quantitative estimate of drug-likeness (QED) is 0.620. The number of thiol groups is 1. The fourth-order valence-corrected chi connectivity index (χ4v) is 2.91. The Morgan fingerprint density at radius 3 is 2.53 bits per heavy atom. The molecule has 0 spiro atoms. The van der Waals surface area contributed by atoms with E-state index in [1.54, 1.807) is 0 Å². The van der Waals surface area contributed by atoms with E-state index in [1.807, 2.05) is 6.92 Å². The van der Waals surface area contributed by atoms with Crippen molar-refractivity contribution in [2.24, 2.45) is 5.73 Å². The minimum Gasteiger partial charge on any atom is -0.401 e. The molecule has 0 aromatic heterocycles. The third kappa shape index (κ3) is 4.90. The van der Waals surface area contributed by atoms with Gasteiger partial charge < -0.3 is 5.73 Å². The van der Waals surface area contributed by atoms with Crippen LogP contribution in [0, 0.1) is 0 Å². The molecule has 3 heteroatoms.